The molecule has 6 nitrogen and oxygen atoms in total. The van der Waals surface area contributed by atoms with Gasteiger partial charge in [0.2, 0.25) is 0 Å². The minimum absolute atomic E-state index is 0.328. The lowest BCUT2D eigenvalue weighted by Crippen LogP contribution is -2.26. The van der Waals surface area contributed by atoms with Crippen LogP contribution in [0.1, 0.15) is 6.92 Å². The van der Waals surface area contributed by atoms with Crippen LogP contribution in [0.5, 0.6) is 0 Å². The Bertz CT molecular complexity index is 725. The van der Waals surface area contributed by atoms with Crippen molar-refractivity contribution in [2.75, 3.05) is 18.5 Å². The summed E-state index contributed by atoms with van der Waals surface area (Å²) in [6, 6.07) is 8.81. The van der Waals surface area contributed by atoms with E-state index in [0.717, 1.165) is 3.57 Å². The average molecular weight is 399 g/mol. The van der Waals surface area contributed by atoms with Gasteiger partial charge in [-0.25, -0.2) is 0 Å². The highest BCUT2D eigenvalue weighted by Gasteiger charge is 2.23. The maximum absolute atomic E-state index is 12.4. The first-order valence-electron chi connectivity index (χ1n) is 6.32. The van der Waals surface area contributed by atoms with Crippen LogP contribution >= 0.6 is 22.6 Å². The summed E-state index contributed by atoms with van der Waals surface area (Å²) in [7, 11) is 1.72. The van der Waals surface area contributed by atoms with Crippen molar-refractivity contribution in [3.8, 4) is 5.69 Å². The van der Waals surface area contributed by atoms with E-state index in [1.54, 1.807) is 36.3 Å². The molecule has 0 saturated carbocycles. The van der Waals surface area contributed by atoms with E-state index in [1.165, 1.54) is 4.57 Å². The highest BCUT2D eigenvalue weighted by molar-refractivity contribution is 14.1. The molecule has 0 unspecified atom stereocenters. The third kappa shape index (κ3) is 3.07. The van der Waals surface area contributed by atoms with Gasteiger partial charge in [0.25, 0.3) is 0 Å². The minimum Gasteiger partial charge on any atom is -0.369 e. The number of pyridine rings is 1. The summed E-state index contributed by atoms with van der Waals surface area (Å²) in [4.78, 5) is 24.8. The first-order valence-corrected chi connectivity index (χ1v) is 7.40. The Morgan fingerprint density at radius 1 is 1.29 bits per heavy atom. The van der Waals surface area contributed by atoms with Crippen LogP contribution in [0.2, 0.25) is 0 Å². The maximum atomic E-state index is 12.4. The molecule has 1 aromatic carbocycles. The van der Waals surface area contributed by atoms with E-state index in [9.17, 15) is 14.9 Å². The molecule has 0 atom stereocenters. The van der Waals surface area contributed by atoms with E-state index >= 15 is 0 Å². The fourth-order valence-corrected chi connectivity index (χ4v) is 2.33. The summed E-state index contributed by atoms with van der Waals surface area (Å²) in [6.45, 7) is 2.45. The first-order chi connectivity index (χ1) is 9.95. The molecule has 2 aromatic rings. The molecular formula is C14H14IN3O3. The van der Waals surface area contributed by atoms with E-state index in [4.69, 9.17) is 0 Å². The number of anilines is 1. The van der Waals surface area contributed by atoms with Crippen LogP contribution in [0.4, 0.5) is 11.4 Å². The lowest BCUT2D eigenvalue weighted by atomic mass is 10.2. The molecule has 0 aliphatic rings. The van der Waals surface area contributed by atoms with Gasteiger partial charge in [-0.1, -0.05) is 0 Å². The van der Waals surface area contributed by atoms with E-state index in [1.807, 2.05) is 19.1 Å². The Balaban J connectivity index is 2.66. The van der Waals surface area contributed by atoms with E-state index in [0.29, 0.717) is 17.9 Å². The van der Waals surface area contributed by atoms with Crippen molar-refractivity contribution in [2.24, 2.45) is 0 Å². The standard InChI is InChI=1S/C14H14IN3O3/c1-3-16(2)12-8-9-17(14(19)13(12)18(20)21)11-6-4-10(15)5-7-11/h4-9H,3H2,1-2H3. The van der Waals surface area contributed by atoms with Crippen LogP contribution < -0.4 is 10.5 Å². The Morgan fingerprint density at radius 2 is 1.90 bits per heavy atom. The Labute approximate surface area is 135 Å². The maximum Gasteiger partial charge on any atom is 0.357 e. The fourth-order valence-electron chi connectivity index (χ4n) is 1.97. The topological polar surface area (TPSA) is 68.4 Å². The van der Waals surface area contributed by atoms with Gasteiger partial charge in [-0.2, -0.15) is 0 Å². The van der Waals surface area contributed by atoms with E-state index < -0.39 is 16.2 Å². The largest absolute Gasteiger partial charge is 0.369 e. The molecule has 0 amide bonds. The zero-order chi connectivity index (χ0) is 15.6. The third-order valence-corrected chi connectivity index (χ3v) is 3.94. The van der Waals surface area contributed by atoms with Gasteiger partial charge in [-0.3, -0.25) is 19.5 Å². The van der Waals surface area contributed by atoms with Gasteiger partial charge in [0.15, 0.2) is 0 Å². The number of nitro groups is 1. The third-order valence-electron chi connectivity index (χ3n) is 3.22. The van der Waals surface area contributed by atoms with Crippen LogP contribution in [0, 0.1) is 13.7 Å². The minimum atomic E-state index is -0.626. The highest BCUT2D eigenvalue weighted by Crippen LogP contribution is 2.23. The number of halogens is 1. The highest BCUT2D eigenvalue weighted by atomic mass is 127. The molecule has 1 heterocycles. The molecule has 1 aromatic heterocycles. The summed E-state index contributed by atoms with van der Waals surface area (Å²) in [5, 5.41) is 11.3. The molecule has 0 saturated heterocycles. The van der Waals surface area contributed by atoms with Gasteiger partial charge >= 0.3 is 11.2 Å². The van der Waals surface area contributed by atoms with Crippen molar-refractivity contribution in [3.63, 3.8) is 0 Å². The Morgan fingerprint density at radius 3 is 2.43 bits per heavy atom. The lowest BCUT2D eigenvalue weighted by Gasteiger charge is -2.17. The van der Waals surface area contributed by atoms with Crippen molar-refractivity contribution in [3.05, 3.63) is 60.6 Å². The average Bonchev–Trinajstić information content (AvgIpc) is 2.46. The quantitative estimate of drug-likeness (QED) is 0.451. The SMILES string of the molecule is CCN(C)c1ccn(-c2ccc(I)cc2)c(=O)c1[N+](=O)[O-]. The zero-order valence-electron chi connectivity index (χ0n) is 11.6. The number of benzene rings is 1. The van der Waals surface area contributed by atoms with Crippen molar-refractivity contribution in [1.29, 1.82) is 0 Å². The molecule has 7 heteroatoms. The van der Waals surface area contributed by atoms with Crippen LogP contribution in [0.3, 0.4) is 0 Å². The van der Waals surface area contributed by atoms with Gasteiger partial charge in [-0.15, -0.1) is 0 Å². The Kier molecular flexibility index (Phi) is 4.61. The lowest BCUT2D eigenvalue weighted by molar-refractivity contribution is -0.385. The molecule has 21 heavy (non-hydrogen) atoms. The summed E-state index contributed by atoms with van der Waals surface area (Å²) < 4.78 is 2.32. The second kappa shape index (κ2) is 6.25. The van der Waals surface area contributed by atoms with Crippen LogP contribution in [-0.4, -0.2) is 23.1 Å². The number of nitrogens with zero attached hydrogens (tertiary/aromatic N) is 3. The van der Waals surface area contributed by atoms with Gasteiger partial charge in [0, 0.05) is 29.0 Å². The van der Waals surface area contributed by atoms with Crippen LogP contribution in [0.15, 0.2) is 41.3 Å². The monoisotopic (exact) mass is 399 g/mol. The fraction of sp³-hybridized carbons (Fsp3) is 0.214. The van der Waals surface area contributed by atoms with E-state index in [-0.39, 0.29) is 0 Å². The molecule has 0 radical (unpaired) electrons. The predicted molar refractivity (Wildman–Crippen MR) is 90.4 cm³/mol. The zero-order valence-corrected chi connectivity index (χ0v) is 13.8. The smallest absolute Gasteiger partial charge is 0.357 e. The summed E-state index contributed by atoms with van der Waals surface area (Å²) >= 11 is 2.16. The number of rotatable bonds is 4. The molecule has 0 N–H and O–H groups in total. The second-order valence-corrected chi connectivity index (χ2v) is 5.72. The molecule has 0 aliphatic heterocycles. The van der Waals surface area contributed by atoms with Crippen molar-refractivity contribution in [2.45, 2.75) is 6.92 Å². The van der Waals surface area contributed by atoms with Crippen molar-refractivity contribution >= 4 is 34.0 Å². The van der Waals surface area contributed by atoms with Crippen molar-refractivity contribution in [1.82, 2.24) is 4.57 Å². The molecular weight excluding hydrogens is 385 g/mol. The number of hydrogen-bond acceptors (Lipinski definition) is 4. The Hall–Kier alpha value is -1.90. The van der Waals surface area contributed by atoms with Crippen LogP contribution in [0.25, 0.3) is 5.69 Å². The van der Waals surface area contributed by atoms with Gasteiger partial charge < -0.3 is 4.90 Å². The molecule has 2 rings (SSSR count). The predicted octanol–water partition coefficient (Wildman–Crippen LogP) is 2.81. The normalized spacial score (nSPS) is 10.4. The van der Waals surface area contributed by atoms with Gasteiger partial charge in [0.05, 0.1) is 4.92 Å². The molecule has 0 aliphatic carbocycles. The molecule has 0 bridgehead atoms. The van der Waals surface area contributed by atoms with Crippen LogP contribution in [-0.2, 0) is 0 Å². The number of aromatic nitrogens is 1. The summed E-state index contributed by atoms with van der Waals surface area (Å²) in [5.41, 5.74) is -0.0945. The number of hydrogen-bond donors (Lipinski definition) is 0. The second-order valence-electron chi connectivity index (χ2n) is 4.47. The molecule has 0 fully saturated rings. The van der Waals surface area contributed by atoms with Crippen molar-refractivity contribution < 1.29 is 4.92 Å². The summed E-state index contributed by atoms with van der Waals surface area (Å²) in [6.07, 6.45) is 1.57. The summed E-state index contributed by atoms with van der Waals surface area (Å²) in [5.74, 6) is 0. The molecule has 0 spiro atoms. The van der Waals surface area contributed by atoms with Gasteiger partial charge in [-0.05, 0) is 59.8 Å². The van der Waals surface area contributed by atoms with Gasteiger partial charge in [0.1, 0.15) is 5.69 Å². The first kappa shape index (κ1) is 15.5. The van der Waals surface area contributed by atoms with E-state index in [2.05, 4.69) is 22.6 Å². The molecule has 110 valence electrons.